The number of rotatable bonds is 7. The van der Waals surface area contributed by atoms with Crippen LogP contribution in [0.2, 0.25) is 0 Å². The molecule has 0 aromatic heterocycles. The summed E-state index contributed by atoms with van der Waals surface area (Å²) in [5.74, 6) is 1.65. The van der Waals surface area contributed by atoms with Crippen LogP contribution >= 0.6 is 12.6 Å². The predicted molar refractivity (Wildman–Crippen MR) is 57.4 cm³/mol. The fraction of sp³-hybridized carbons (Fsp3) is 1.00. The summed E-state index contributed by atoms with van der Waals surface area (Å²) in [5.41, 5.74) is 0. The van der Waals surface area contributed by atoms with Crippen molar-refractivity contribution in [2.75, 3.05) is 32.2 Å². The quantitative estimate of drug-likeness (QED) is 0.506. The lowest BCUT2D eigenvalue weighted by Gasteiger charge is -2.07. The summed E-state index contributed by atoms with van der Waals surface area (Å²) in [6.45, 7) is 3.62. The molecule has 0 radical (unpaired) electrons. The monoisotopic (exact) mass is 204 g/mol. The molecule has 2 nitrogen and oxygen atoms in total. The molecule has 3 heteroatoms. The second kappa shape index (κ2) is 7.65. The Morgan fingerprint density at radius 3 is 2.92 bits per heavy atom. The van der Waals surface area contributed by atoms with Gasteiger partial charge in [0.2, 0.25) is 0 Å². The molecular weight excluding hydrogens is 184 g/mol. The number of ether oxygens (including phenoxy) is 2. The Balaban J connectivity index is 1.78. The summed E-state index contributed by atoms with van der Waals surface area (Å²) in [4.78, 5) is 0. The topological polar surface area (TPSA) is 18.5 Å². The van der Waals surface area contributed by atoms with Crippen molar-refractivity contribution in [1.29, 1.82) is 0 Å². The van der Waals surface area contributed by atoms with Crippen LogP contribution < -0.4 is 0 Å². The van der Waals surface area contributed by atoms with Gasteiger partial charge in [0.05, 0.1) is 13.2 Å². The molecule has 0 aromatic carbocycles. The molecule has 1 atom stereocenters. The van der Waals surface area contributed by atoms with E-state index in [1.54, 1.807) is 0 Å². The summed E-state index contributed by atoms with van der Waals surface area (Å²) in [6.07, 6.45) is 4.80. The van der Waals surface area contributed by atoms with E-state index in [0.29, 0.717) is 5.92 Å². The third-order valence-corrected chi connectivity index (χ3v) is 2.64. The smallest absolute Gasteiger partial charge is 0.0517 e. The normalized spacial score (nSPS) is 22.4. The molecule has 1 saturated heterocycles. The molecule has 0 spiro atoms. The van der Waals surface area contributed by atoms with Crippen molar-refractivity contribution >= 4 is 12.6 Å². The molecule has 78 valence electrons. The first-order valence-electron chi connectivity index (χ1n) is 5.20. The highest BCUT2D eigenvalue weighted by Crippen LogP contribution is 2.12. The number of thiol groups is 1. The van der Waals surface area contributed by atoms with Gasteiger partial charge in [-0.15, -0.1) is 0 Å². The standard InChI is InChI=1S/C10H20O2S/c13-7-3-1-2-5-11-8-10-4-6-12-9-10/h10,13H,1-9H2. The second-order valence-corrected chi connectivity index (χ2v) is 4.04. The highest BCUT2D eigenvalue weighted by Gasteiger charge is 2.14. The van der Waals surface area contributed by atoms with Crippen LogP contribution in [0, 0.1) is 5.92 Å². The van der Waals surface area contributed by atoms with Crippen molar-refractivity contribution in [3.8, 4) is 0 Å². The maximum atomic E-state index is 5.56. The Labute approximate surface area is 86.4 Å². The van der Waals surface area contributed by atoms with Crippen LogP contribution in [0.3, 0.4) is 0 Å². The Morgan fingerprint density at radius 2 is 2.23 bits per heavy atom. The van der Waals surface area contributed by atoms with Gasteiger partial charge < -0.3 is 9.47 Å². The summed E-state index contributed by atoms with van der Waals surface area (Å²) < 4.78 is 10.8. The zero-order valence-corrected chi connectivity index (χ0v) is 9.10. The first kappa shape index (κ1) is 11.3. The van der Waals surface area contributed by atoms with Gasteiger partial charge in [-0.1, -0.05) is 6.42 Å². The van der Waals surface area contributed by atoms with E-state index in [9.17, 15) is 0 Å². The SMILES string of the molecule is SCCCCCOCC1CCOC1. The first-order valence-corrected chi connectivity index (χ1v) is 5.83. The van der Waals surface area contributed by atoms with E-state index in [0.717, 1.165) is 32.2 Å². The van der Waals surface area contributed by atoms with E-state index in [-0.39, 0.29) is 0 Å². The maximum Gasteiger partial charge on any atom is 0.0517 e. The first-order chi connectivity index (χ1) is 6.43. The minimum absolute atomic E-state index is 0.657. The zero-order chi connectivity index (χ0) is 9.36. The van der Waals surface area contributed by atoms with Crippen LogP contribution in [-0.4, -0.2) is 32.2 Å². The average Bonchev–Trinajstić information content (AvgIpc) is 2.63. The van der Waals surface area contributed by atoms with Crippen LogP contribution in [0.5, 0.6) is 0 Å². The Hall–Kier alpha value is 0.270. The molecule has 0 aromatic rings. The van der Waals surface area contributed by atoms with Gasteiger partial charge in [0.25, 0.3) is 0 Å². The van der Waals surface area contributed by atoms with Gasteiger partial charge in [0.15, 0.2) is 0 Å². The van der Waals surface area contributed by atoms with Crippen LogP contribution in [0.15, 0.2) is 0 Å². The van der Waals surface area contributed by atoms with Crippen molar-refractivity contribution in [1.82, 2.24) is 0 Å². The third-order valence-electron chi connectivity index (χ3n) is 2.32. The van der Waals surface area contributed by atoms with Crippen molar-refractivity contribution in [3.63, 3.8) is 0 Å². The van der Waals surface area contributed by atoms with Gasteiger partial charge in [0.1, 0.15) is 0 Å². The minimum atomic E-state index is 0.657. The van der Waals surface area contributed by atoms with E-state index in [1.165, 1.54) is 25.7 Å². The molecule has 1 heterocycles. The van der Waals surface area contributed by atoms with E-state index >= 15 is 0 Å². The van der Waals surface area contributed by atoms with Crippen LogP contribution in [0.4, 0.5) is 0 Å². The minimum Gasteiger partial charge on any atom is -0.381 e. The Bertz CT molecular complexity index is 113. The van der Waals surface area contributed by atoms with Crippen LogP contribution in [-0.2, 0) is 9.47 Å². The highest BCUT2D eigenvalue weighted by molar-refractivity contribution is 7.80. The second-order valence-electron chi connectivity index (χ2n) is 3.59. The lowest BCUT2D eigenvalue weighted by atomic mass is 10.1. The molecule has 1 aliphatic rings. The lowest BCUT2D eigenvalue weighted by Crippen LogP contribution is -2.09. The van der Waals surface area contributed by atoms with Crippen LogP contribution in [0.1, 0.15) is 25.7 Å². The number of hydrogen-bond donors (Lipinski definition) is 1. The van der Waals surface area contributed by atoms with E-state index in [4.69, 9.17) is 9.47 Å². The molecular formula is C10H20O2S. The van der Waals surface area contributed by atoms with Gasteiger partial charge in [-0.3, -0.25) is 0 Å². The molecule has 13 heavy (non-hydrogen) atoms. The highest BCUT2D eigenvalue weighted by atomic mass is 32.1. The molecule has 1 aliphatic heterocycles. The average molecular weight is 204 g/mol. The molecule has 0 bridgehead atoms. The summed E-state index contributed by atoms with van der Waals surface area (Å²) in [7, 11) is 0. The van der Waals surface area contributed by atoms with Gasteiger partial charge in [0, 0.05) is 19.1 Å². The fourth-order valence-electron chi connectivity index (χ4n) is 1.46. The van der Waals surface area contributed by atoms with Crippen LogP contribution in [0.25, 0.3) is 0 Å². The van der Waals surface area contributed by atoms with Crippen molar-refractivity contribution in [2.24, 2.45) is 5.92 Å². The molecule has 1 rings (SSSR count). The summed E-state index contributed by atoms with van der Waals surface area (Å²) >= 11 is 4.16. The van der Waals surface area contributed by atoms with Gasteiger partial charge in [-0.2, -0.15) is 12.6 Å². The van der Waals surface area contributed by atoms with E-state index < -0.39 is 0 Å². The fourth-order valence-corrected chi connectivity index (χ4v) is 1.68. The lowest BCUT2D eigenvalue weighted by molar-refractivity contribution is 0.0874. The third kappa shape index (κ3) is 5.55. The summed E-state index contributed by atoms with van der Waals surface area (Å²) in [5, 5.41) is 0. The van der Waals surface area contributed by atoms with E-state index in [2.05, 4.69) is 12.6 Å². The zero-order valence-electron chi connectivity index (χ0n) is 8.21. The molecule has 0 aliphatic carbocycles. The Morgan fingerprint density at radius 1 is 1.31 bits per heavy atom. The molecule has 0 N–H and O–H groups in total. The largest absolute Gasteiger partial charge is 0.381 e. The number of hydrogen-bond acceptors (Lipinski definition) is 3. The van der Waals surface area contributed by atoms with Gasteiger partial charge in [-0.05, 0) is 25.0 Å². The summed E-state index contributed by atoms with van der Waals surface area (Å²) in [6, 6.07) is 0. The molecule has 0 amide bonds. The number of unbranched alkanes of at least 4 members (excludes halogenated alkanes) is 2. The van der Waals surface area contributed by atoms with E-state index in [1.807, 2.05) is 0 Å². The van der Waals surface area contributed by atoms with Crippen molar-refractivity contribution in [3.05, 3.63) is 0 Å². The Kier molecular flexibility index (Phi) is 6.68. The molecule has 1 fully saturated rings. The molecule has 1 unspecified atom stereocenters. The van der Waals surface area contributed by atoms with Gasteiger partial charge >= 0.3 is 0 Å². The maximum absolute atomic E-state index is 5.56. The van der Waals surface area contributed by atoms with Crippen molar-refractivity contribution in [2.45, 2.75) is 25.7 Å². The van der Waals surface area contributed by atoms with Gasteiger partial charge in [-0.25, -0.2) is 0 Å². The molecule has 0 saturated carbocycles. The van der Waals surface area contributed by atoms with Crippen molar-refractivity contribution < 1.29 is 9.47 Å². The predicted octanol–water partition coefficient (Wildman–Crippen LogP) is 2.14.